The Morgan fingerprint density at radius 3 is 2.38 bits per heavy atom. The van der Waals surface area contributed by atoms with Gasteiger partial charge in [0.25, 0.3) is 16.0 Å². The smallest absolute Gasteiger partial charge is 0.263 e. The van der Waals surface area contributed by atoms with E-state index in [2.05, 4.69) is 15.3 Å². The first-order valence-corrected chi connectivity index (χ1v) is 10.4. The Morgan fingerprint density at radius 2 is 1.69 bits per heavy atom. The summed E-state index contributed by atoms with van der Waals surface area (Å²) in [6, 6.07) is 10.7. The molecule has 2 aromatic carbocycles. The van der Waals surface area contributed by atoms with Crippen LogP contribution in [0.4, 0.5) is 20.4 Å². The Kier molecular flexibility index (Phi) is 6.21. The molecule has 3 rings (SSSR count). The van der Waals surface area contributed by atoms with Gasteiger partial charge in [0, 0.05) is 10.6 Å². The lowest BCUT2D eigenvalue weighted by molar-refractivity contribution is 0.576. The van der Waals surface area contributed by atoms with Gasteiger partial charge in [-0.05, 0) is 37.3 Å². The maximum absolute atomic E-state index is 14.4. The van der Waals surface area contributed by atoms with Crippen molar-refractivity contribution in [1.82, 2.24) is 9.97 Å². The number of anilines is 2. The second-order valence-corrected chi connectivity index (χ2v) is 8.43. The minimum absolute atomic E-state index is 0.0791. The van der Waals surface area contributed by atoms with Crippen LogP contribution in [-0.2, 0) is 10.0 Å². The van der Waals surface area contributed by atoms with Crippen molar-refractivity contribution in [3.8, 4) is 0 Å². The molecule has 0 bridgehead atoms. The number of hydrogen-bond acceptors (Lipinski definition) is 5. The molecule has 11 heteroatoms. The van der Waals surface area contributed by atoms with Gasteiger partial charge in [-0.2, -0.15) is 9.37 Å². The molecule has 1 heterocycles. The third-order valence-electron chi connectivity index (χ3n) is 3.87. The second-order valence-electron chi connectivity index (χ2n) is 5.95. The van der Waals surface area contributed by atoms with Crippen LogP contribution in [0.3, 0.4) is 0 Å². The third kappa shape index (κ3) is 4.92. The summed E-state index contributed by atoms with van der Waals surface area (Å²) in [5.41, 5.74) is 0.213. The summed E-state index contributed by atoms with van der Waals surface area (Å²) in [5, 5.41) is 2.76. The van der Waals surface area contributed by atoms with Gasteiger partial charge in [-0.1, -0.05) is 41.4 Å². The Morgan fingerprint density at radius 1 is 1.00 bits per heavy atom. The predicted molar refractivity (Wildman–Crippen MR) is 108 cm³/mol. The number of sulfonamides is 1. The first-order valence-electron chi connectivity index (χ1n) is 8.20. The molecule has 0 unspecified atom stereocenters. The number of aromatic nitrogens is 2. The van der Waals surface area contributed by atoms with Gasteiger partial charge in [0.2, 0.25) is 0 Å². The molecule has 0 aliphatic rings. The minimum Gasteiger partial charge on any atom is -0.361 e. The summed E-state index contributed by atoms with van der Waals surface area (Å²) < 4.78 is 55.0. The second kappa shape index (κ2) is 8.48. The maximum atomic E-state index is 14.4. The number of halogens is 4. The zero-order chi connectivity index (χ0) is 21.2. The fourth-order valence-electron chi connectivity index (χ4n) is 2.47. The van der Waals surface area contributed by atoms with Crippen LogP contribution >= 0.6 is 23.2 Å². The first kappa shape index (κ1) is 21.2. The zero-order valence-electron chi connectivity index (χ0n) is 14.8. The van der Waals surface area contributed by atoms with Crippen LogP contribution in [0, 0.1) is 11.8 Å². The highest BCUT2D eigenvalue weighted by Gasteiger charge is 2.21. The van der Waals surface area contributed by atoms with Gasteiger partial charge in [0.05, 0.1) is 10.9 Å². The zero-order valence-corrected chi connectivity index (χ0v) is 17.2. The van der Waals surface area contributed by atoms with Gasteiger partial charge in [-0.3, -0.25) is 4.72 Å². The SMILES string of the molecule is C[C@H](Nc1nc(F)c(NS(=O)(=O)c2ccccc2)nc1Cl)c1cc(Cl)ccc1F. The van der Waals surface area contributed by atoms with Crippen molar-refractivity contribution < 1.29 is 17.2 Å². The average molecular weight is 459 g/mol. The molecule has 0 fully saturated rings. The van der Waals surface area contributed by atoms with Crippen LogP contribution in [0.15, 0.2) is 53.4 Å². The molecule has 1 atom stereocenters. The first-order chi connectivity index (χ1) is 13.7. The maximum Gasteiger partial charge on any atom is 0.263 e. The molecule has 3 aromatic rings. The Bertz CT molecular complexity index is 1150. The molecular formula is C18H14Cl2F2N4O2S. The predicted octanol–water partition coefficient (Wildman–Crippen LogP) is 5.04. The summed E-state index contributed by atoms with van der Waals surface area (Å²) in [6.07, 6.45) is 0. The van der Waals surface area contributed by atoms with E-state index in [1.54, 1.807) is 13.0 Å². The summed E-state index contributed by atoms with van der Waals surface area (Å²) in [4.78, 5) is 7.26. The lowest BCUT2D eigenvalue weighted by Crippen LogP contribution is -2.17. The van der Waals surface area contributed by atoms with Crippen molar-refractivity contribution in [3.63, 3.8) is 0 Å². The molecule has 6 nitrogen and oxygen atoms in total. The lowest BCUT2D eigenvalue weighted by Gasteiger charge is -2.17. The van der Waals surface area contributed by atoms with E-state index in [0.717, 1.165) is 0 Å². The highest BCUT2D eigenvalue weighted by atomic mass is 35.5. The van der Waals surface area contributed by atoms with Crippen molar-refractivity contribution in [3.05, 3.63) is 76.0 Å². The van der Waals surface area contributed by atoms with Crippen LogP contribution in [0.5, 0.6) is 0 Å². The molecule has 0 amide bonds. The van der Waals surface area contributed by atoms with Crippen LogP contribution in [0.25, 0.3) is 0 Å². The molecule has 0 radical (unpaired) electrons. The van der Waals surface area contributed by atoms with Gasteiger partial charge in [0.1, 0.15) is 5.82 Å². The van der Waals surface area contributed by atoms with Gasteiger partial charge in [0.15, 0.2) is 16.8 Å². The molecule has 0 aliphatic heterocycles. The Labute approximate surface area is 176 Å². The van der Waals surface area contributed by atoms with Crippen molar-refractivity contribution in [2.45, 2.75) is 17.9 Å². The number of hydrogen-bond donors (Lipinski definition) is 2. The van der Waals surface area contributed by atoms with E-state index in [9.17, 15) is 17.2 Å². The van der Waals surface area contributed by atoms with Gasteiger partial charge < -0.3 is 5.32 Å². The van der Waals surface area contributed by atoms with Crippen LogP contribution in [-0.4, -0.2) is 18.4 Å². The highest BCUT2D eigenvalue weighted by Crippen LogP contribution is 2.28. The standard InChI is InChI=1S/C18H14Cl2F2N4O2S/c1-10(13-9-11(19)7-8-14(13)21)23-17-15(20)24-18(16(22)25-17)26-29(27,28)12-5-3-2-4-6-12/h2-10H,1H3,(H,23,25)(H,24,26)/t10-/m0/s1. The molecule has 0 saturated heterocycles. The lowest BCUT2D eigenvalue weighted by atomic mass is 10.1. The van der Waals surface area contributed by atoms with Crippen molar-refractivity contribution in [1.29, 1.82) is 0 Å². The number of benzene rings is 2. The van der Waals surface area contributed by atoms with E-state index >= 15 is 0 Å². The minimum atomic E-state index is -4.08. The number of rotatable bonds is 6. The van der Waals surface area contributed by atoms with Gasteiger partial charge >= 0.3 is 0 Å². The van der Waals surface area contributed by atoms with Crippen molar-refractivity contribution >= 4 is 44.9 Å². The van der Waals surface area contributed by atoms with Crippen molar-refractivity contribution in [2.24, 2.45) is 0 Å². The molecule has 152 valence electrons. The number of nitrogens with zero attached hydrogens (tertiary/aromatic N) is 2. The molecule has 0 spiro atoms. The normalized spacial score (nSPS) is 12.4. The van der Waals surface area contributed by atoms with Crippen molar-refractivity contribution in [2.75, 3.05) is 10.0 Å². The van der Waals surface area contributed by atoms with E-state index in [0.29, 0.717) is 5.02 Å². The van der Waals surface area contributed by atoms with Gasteiger partial charge in [-0.15, -0.1) is 0 Å². The Hall–Kier alpha value is -2.49. The largest absolute Gasteiger partial charge is 0.361 e. The summed E-state index contributed by atoms with van der Waals surface area (Å²) >= 11 is 11.9. The van der Waals surface area contributed by atoms with E-state index in [4.69, 9.17) is 23.2 Å². The molecular weight excluding hydrogens is 445 g/mol. The van der Waals surface area contributed by atoms with E-state index in [1.807, 2.05) is 4.72 Å². The van der Waals surface area contributed by atoms with E-state index in [-0.39, 0.29) is 21.4 Å². The van der Waals surface area contributed by atoms with Gasteiger partial charge in [-0.25, -0.2) is 17.8 Å². The fraction of sp³-hybridized carbons (Fsp3) is 0.111. The molecule has 0 aliphatic carbocycles. The summed E-state index contributed by atoms with van der Waals surface area (Å²) in [6.45, 7) is 1.59. The monoisotopic (exact) mass is 458 g/mol. The summed E-state index contributed by atoms with van der Waals surface area (Å²) in [7, 11) is -4.08. The quantitative estimate of drug-likeness (QED) is 0.540. The topological polar surface area (TPSA) is 84.0 Å². The fourth-order valence-corrected chi connectivity index (χ4v) is 3.85. The van der Waals surface area contributed by atoms with E-state index in [1.165, 1.54) is 42.5 Å². The number of nitrogens with one attached hydrogen (secondary N) is 2. The van der Waals surface area contributed by atoms with Crippen LogP contribution in [0.1, 0.15) is 18.5 Å². The van der Waals surface area contributed by atoms with Crippen LogP contribution < -0.4 is 10.0 Å². The molecule has 1 aromatic heterocycles. The molecule has 29 heavy (non-hydrogen) atoms. The average Bonchev–Trinajstić information content (AvgIpc) is 2.68. The Balaban J connectivity index is 1.85. The van der Waals surface area contributed by atoms with E-state index < -0.39 is 33.6 Å². The molecule has 2 N–H and O–H groups in total. The highest BCUT2D eigenvalue weighted by molar-refractivity contribution is 7.92. The molecule has 0 saturated carbocycles. The summed E-state index contributed by atoms with van der Waals surface area (Å²) in [5.74, 6) is -2.56. The third-order valence-corrected chi connectivity index (χ3v) is 5.73. The van der Waals surface area contributed by atoms with Crippen LogP contribution in [0.2, 0.25) is 10.2 Å².